The molecule has 0 spiro atoms. The zero-order chi connectivity index (χ0) is 18.3. The normalized spacial score (nSPS) is 20.8. The van der Waals surface area contributed by atoms with Crippen molar-refractivity contribution in [2.24, 2.45) is 5.73 Å². The largest absolute Gasteiger partial charge is 0.325 e. The van der Waals surface area contributed by atoms with E-state index in [9.17, 15) is 4.79 Å². The Hall–Kier alpha value is -2.36. The first-order chi connectivity index (χ1) is 12.5. The minimum atomic E-state index is -0.0621. The number of carbonyl (C=O) groups is 1. The summed E-state index contributed by atoms with van der Waals surface area (Å²) in [6.45, 7) is 3.71. The summed E-state index contributed by atoms with van der Waals surface area (Å²) in [5.41, 5.74) is 10.7. The molecule has 140 valence electrons. The quantitative estimate of drug-likeness (QED) is 0.629. The van der Waals surface area contributed by atoms with Gasteiger partial charge in [-0.05, 0) is 29.4 Å². The molecule has 3 N–H and O–H groups in total. The monoisotopic (exact) mass is 380 g/mol. The van der Waals surface area contributed by atoms with Crippen molar-refractivity contribution in [1.82, 2.24) is 0 Å². The summed E-state index contributed by atoms with van der Waals surface area (Å²) in [4.78, 5) is 11.8. The second-order valence-corrected chi connectivity index (χ2v) is 7.36. The number of carbonyl (C=O) groups excluding carboxylic acids is 1. The van der Waals surface area contributed by atoms with Gasteiger partial charge >= 0.3 is 0 Å². The second kappa shape index (κ2) is 7.34. The topological polar surface area (TPSA) is 55.1 Å². The number of hydrogen-bond acceptors (Lipinski definition) is 2. The number of benzene rings is 3. The summed E-state index contributed by atoms with van der Waals surface area (Å²) in [7, 11) is 0. The number of nitrogens with two attached hydrogens (primary N) is 1. The molecule has 1 amide bonds. The standard InChI is InChI=1S/C23H24N2O.ClH/c1-3-23(24)14-21(23)18-9-6-8-17(13-18)20-12-11-16-7-4-5-10-19(16)22(20)25-15(2)26;/h4-13,21H,3,14,24H2,1-2H3,(H,25,26);1H. The van der Waals surface area contributed by atoms with E-state index in [1.807, 2.05) is 12.1 Å². The van der Waals surface area contributed by atoms with Crippen molar-refractivity contribution in [2.75, 3.05) is 5.32 Å². The Kier molecular flexibility index (Phi) is 5.27. The summed E-state index contributed by atoms with van der Waals surface area (Å²) < 4.78 is 0. The highest BCUT2D eigenvalue weighted by Gasteiger charge is 2.49. The van der Waals surface area contributed by atoms with Gasteiger partial charge in [0.1, 0.15) is 0 Å². The molecule has 0 bridgehead atoms. The fourth-order valence-corrected chi connectivity index (χ4v) is 3.91. The fraction of sp³-hybridized carbons (Fsp3) is 0.261. The molecule has 1 fully saturated rings. The summed E-state index contributed by atoms with van der Waals surface area (Å²) in [5.74, 6) is 0.366. The van der Waals surface area contributed by atoms with Gasteiger partial charge in [-0.15, -0.1) is 12.4 Å². The van der Waals surface area contributed by atoms with Gasteiger partial charge in [0.15, 0.2) is 0 Å². The first-order valence-corrected chi connectivity index (χ1v) is 9.20. The van der Waals surface area contributed by atoms with Crippen LogP contribution < -0.4 is 11.1 Å². The molecule has 0 radical (unpaired) electrons. The van der Waals surface area contributed by atoms with Crippen LogP contribution in [0.3, 0.4) is 0 Å². The minimum Gasteiger partial charge on any atom is -0.325 e. The van der Waals surface area contributed by atoms with Crippen molar-refractivity contribution in [2.45, 2.75) is 38.1 Å². The third-order valence-electron chi connectivity index (χ3n) is 5.61. The molecule has 0 heterocycles. The van der Waals surface area contributed by atoms with Crippen molar-refractivity contribution in [3.05, 3.63) is 66.2 Å². The van der Waals surface area contributed by atoms with Crippen LogP contribution in [0.2, 0.25) is 0 Å². The van der Waals surface area contributed by atoms with E-state index in [2.05, 4.69) is 60.8 Å². The summed E-state index contributed by atoms with van der Waals surface area (Å²) in [5, 5.41) is 5.21. The number of anilines is 1. The molecule has 4 heteroatoms. The number of hydrogen-bond donors (Lipinski definition) is 2. The smallest absolute Gasteiger partial charge is 0.221 e. The van der Waals surface area contributed by atoms with Gasteiger partial charge in [-0.1, -0.05) is 67.6 Å². The molecule has 4 rings (SSSR count). The molecule has 2 unspecified atom stereocenters. The molecular weight excluding hydrogens is 356 g/mol. The first-order valence-electron chi connectivity index (χ1n) is 9.20. The Morgan fingerprint density at radius 2 is 1.93 bits per heavy atom. The van der Waals surface area contributed by atoms with E-state index in [1.165, 1.54) is 5.56 Å². The minimum absolute atomic E-state index is 0. The van der Waals surface area contributed by atoms with Crippen LogP contribution in [0.15, 0.2) is 60.7 Å². The average molecular weight is 381 g/mol. The number of halogens is 1. The van der Waals surface area contributed by atoms with E-state index in [0.29, 0.717) is 5.92 Å². The number of nitrogens with one attached hydrogen (secondary N) is 1. The van der Waals surface area contributed by atoms with Crippen LogP contribution in [0, 0.1) is 0 Å². The maximum absolute atomic E-state index is 11.8. The number of rotatable bonds is 4. The lowest BCUT2D eigenvalue weighted by Gasteiger charge is -2.15. The van der Waals surface area contributed by atoms with Gasteiger partial charge < -0.3 is 11.1 Å². The fourth-order valence-electron chi connectivity index (χ4n) is 3.91. The molecule has 0 saturated heterocycles. The molecule has 0 aliphatic heterocycles. The molecule has 0 aromatic heterocycles. The second-order valence-electron chi connectivity index (χ2n) is 7.36. The Morgan fingerprint density at radius 3 is 2.63 bits per heavy atom. The summed E-state index contributed by atoms with van der Waals surface area (Å²) in [6, 6.07) is 20.9. The van der Waals surface area contributed by atoms with Gasteiger partial charge in [-0.25, -0.2) is 0 Å². The van der Waals surface area contributed by atoms with E-state index < -0.39 is 0 Å². The van der Waals surface area contributed by atoms with Crippen molar-refractivity contribution >= 4 is 34.8 Å². The van der Waals surface area contributed by atoms with Gasteiger partial charge in [-0.2, -0.15) is 0 Å². The Labute approximate surface area is 166 Å². The van der Waals surface area contributed by atoms with Gasteiger partial charge in [0.25, 0.3) is 0 Å². The maximum atomic E-state index is 11.8. The third kappa shape index (κ3) is 3.58. The van der Waals surface area contributed by atoms with Crippen molar-refractivity contribution < 1.29 is 4.79 Å². The van der Waals surface area contributed by atoms with Gasteiger partial charge in [-0.3, -0.25) is 4.79 Å². The Bertz CT molecular complexity index is 1000. The van der Waals surface area contributed by atoms with Crippen molar-refractivity contribution in [1.29, 1.82) is 0 Å². The average Bonchev–Trinajstić information content (AvgIpc) is 3.34. The van der Waals surface area contributed by atoms with E-state index in [1.54, 1.807) is 6.92 Å². The highest BCUT2D eigenvalue weighted by molar-refractivity contribution is 6.07. The summed E-state index contributed by atoms with van der Waals surface area (Å²) >= 11 is 0. The van der Waals surface area contributed by atoms with Crippen LogP contribution in [0.4, 0.5) is 5.69 Å². The lowest BCUT2D eigenvalue weighted by molar-refractivity contribution is -0.114. The van der Waals surface area contributed by atoms with Crippen LogP contribution in [-0.4, -0.2) is 11.4 Å². The Balaban J connectivity index is 0.00000210. The first kappa shape index (κ1) is 19.4. The third-order valence-corrected chi connectivity index (χ3v) is 5.61. The molecule has 27 heavy (non-hydrogen) atoms. The van der Waals surface area contributed by atoms with Crippen LogP contribution >= 0.6 is 12.4 Å². The molecular formula is C23H25ClN2O. The molecule has 3 aromatic rings. The predicted octanol–water partition coefficient (Wildman–Crippen LogP) is 5.48. The number of amides is 1. The van der Waals surface area contributed by atoms with E-state index in [-0.39, 0.29) is 23.9 Å². The molecule has 3 aromatic carbocycles. The van der Waals surface area contributed by atoms with Gasteiger partial charge in [0.2, 0.25) is 5.91 Å². The Morgan fingerprint density at radius 1 is 1.15 bits per heavy atom. The highest BCUT2D eigenvalue weighted by atomic mass is 35.5. The molecule has 1 aliphatic rings. The van der Waals surface area contributed by atoms with E-state index in [0.717, 1.165) is 40.4 Å². The van der Waals surface area contributed by atoms with Gasteiger partial charge in [0, 0.05) is 29.3 Å². The molecule has 2 atom stereocenters. The van der Waals surface area contributed by atoms with Crippen molar-refractivity contribution in [3.8, 4) is 11.1 Å². The zero-order valence-corrected chi connectivity index (χ0v) is 16.5. The van der Waals surface area contributed by atoms with Crippen LogP contribution in [-0.2, 0) is 4.79 Å². The lowest BCUT2D eigenvalue weighted by Crippen LogP contribution is -2.22. The van der Waals surface area contributed by atoms with Crippen LogP contribution in [0.5, 0.6) is 0 Å². The van der Waals surface area contributed by atoms with E-state index in [4.69, 9.17) is 5.73 Å². The van der Waals surface area contributed by atoms with Crippen molar-refractivity contribution in [3.63, 3.8) is 0 Å². The number of fused-ring (bicyclic) bond motifs is 1. The highest BCUT2D eigenvalue weighted by Crippen LogP contribution is 2.52. The van der Waals surface area contributed by atoms with E-state index >= 15 is 0 Å². The van der Waals surface area contributed by atoms with Crippen LogP contribution in [0.1, 0.15) is 38.2 Å². The maximum Gasteiger partial charge on any atom is 0.221 e. The van der Waals surface area contributed by atoms with Crippen LogP contribution in [0.25, 0.3) is 21.9 Å². The molecule has 1 saturated carbocycles. The lowest BCUT2D eigenvalue weighted by atomic mass is 9.95. The predicted molar refractivity (Wildman–Crippen MR) is 116 cm³/mol. The molecule has 1 aliphatic carbocycles. The zero-order valence-electron chi connectivity index (χ0n) is 15.7. The summed E-state index contributed by atoms with van der Waals surface area (Å²) in [6.07, 6.45) is 2.04. The molecule has 3 nitrogen and oxygen atoms in total. The SMILES string of the molecule is CCC1(N)CC1c1cccc(-c2ccc3ccccc3c2NC(C)=O)c1.Cl. The van der Waals surface area contributed by atoms with Gasteiger partial charge in [0.05, 0.1) is 5.69 Å².